The summed E-state index contributed by atoms with van der Waals surface area (Å²) >= 11 is 6.89. The molecule has 1 saturated heterocycles. The Kier molecular flexibility index (Phi) is 7.97. The fourth-order valence-corrected chi connectivity index (χ4v) is 4.53. The molecule has 1 N–H and O–H groups in total. The number of imide groups is 1. The van der Waals surface area contributed by atoms with Crippen LogP contribution in [-0.2, 0) is 16.1 Å². The molecule has 184 valence electrons. The van der Waals surface area contributed by atoms with E-state index in [2.05, 4.69) is 5.32 Å². The Morgan fingerprint density at radius 2 is 1.83 bits per heavy atom. The Balaban J connectivity index is 1.41. The molecule has 1 aliphatic heterocycles. The van der Waals surface area contributed by atoms with Crippen LogP contribution in [-0.4, -0.2) is 35.7 Å². The zero-order chi connectivity index (χ0) is 25.7. The van der Waals surface area contributed by atoms with Crippen LogP contribution in [0.25, 0.3) is 6.08 Å². The van der Waals surface area contributed by atoms with Gasteiger partial charge in [0.1, 0.15) is 0 Å². The number of hydrogen-bond acceptors (Lipinski definition) is 6. The number of rotatable bonds is 8. The first-order valence-electron chi connectivity index (χ1n) is 11.0. The maximum atomic E-state index is 12.9. The lowest BCUT2D eigenvalue weighted by Gasteiger charge is -2.13. The summed E-state index contributed by atoms with van der Waals surface area (Å²) in [5.74, 6) is 0.0863. The SMILES string of the molecule is COc1cc(/C=C2\SC(=O)N(Cc3cccc(Cl)c3)C2=O)ccc1OCC(=O)Nc1ccc(C)cc1. The van der Waals surface area contributed by atoms with Gasteiger partial charge in [-0.25, -0.2) is 0 Å². The summed E-state index contributed by atoms with van der Waals surface area (Å²) in [6.45, 7) is 1.91. The van der Waals surface area contributed by atoms with Crippen LogP contribution in [0.1, 0.15) is 16.7 Å². The lowest BCUT2D eigenvalue weighted by atomic mass is 10.1. The van der Waals surface area contributed by atoms with Crippen molar-refractivity contribution in [3.05, 3.63) is 93.3 Å². The third-order valence-corrected chi connectivity index (χ3v) is 6.43. The lowest BCUT2D eigenvalue weighted by molar-refractivity contribution is -0.123. The summed E-state index contributed by atoms with van der Waals surface area (Å²) in [4.78, 5) is 39.0. The van der Waals surface area contributed by atoms with E-state index in [1.165, 1.54) is 12.0 Å². The van der Waals surface area contributed by atoms with Gasteiger partial charge in [0, 0.05) is 10.7 Å². The van der Waals surface area contributed by atoms with E-state index in [0.717, 1.165) is 22.9 Å². The van der Waals surface area contributed by atoms with Gasteiger partial charge in [0.25, 0.3) is 17.1 Å². The number of benzene rings is 3. The van der Waals surface area contributed by atoms with Gasteiger partial charge in [-0.2, -0.15) is 0 Å². The molecule has 0 unspecified atom stereocenters. The Bertz CT molecular complexity index is 1340. The van der Waals surface area contributed by atoms with Crippen molar-refractivity contribution in [2.45, 2.75) is 13.5 Å². The van der Waals surface area contributed by atoms with Crippen molar-refractivity contribution in [1.29, 1.82) is 0 Å². The molecule has 0 saturated carbocycles. The highest BCUT2D eigenvalue weighted by Gasteiger charge is 2.35. The molecular weight excluding hydrogens is 500 g/mol. The number of halogens is 1. The molecule has 3 aromatic rings. The second-order valence-corrected chi connectivity index (χ2v) is 9.44. The average molecular weight is 523 g/mol. The lowest BCUT2D eigenvalue weighted by Crippen LogP contribution is -2.27. The van der Waals surface area contributed by atoms with Gasteiger partial charge in [0.05, 0.1) is 18.6 Å². The molecule has 0 bridgehead atoms. The summed E-state index contributed by atoms with van der Waals surface area (Å²) in [5, 5.41) is 2.96. The first-order valence-corrected chi connectivity index (χ1v) is 12.2. The van der Waals surface area contributed by atoms with Gasteiger partial charge in [0.15, 0.2) is 18.1 Å². The van der Waals surface area contributed by atoms with Crippen molar-refractivity contribution in [2.75, 3.05) is 19.0 Å². The van der Waals surface area contributed by atoms with E-state index in [9.17, 15) is 14.4 Å². The van der Waals surface area contributed by atoms with Crippen LogP contribution in [0.3, 0.4) is 0 Å². The van der Waals surface area contributed by atoms with Crippen LogP contribution in [0.15, 0.2) is 71.6 Å². The Hall–Kier alpha value is -3.75. The number of nitrogens with one attached hydrogen (secondary N) is 1. The second-order valence-electron chi connectivity index (χ2n) is 8.01. The molecule has 9 heteroatoms. The van der Waals surface area contributed by atoms with Crippen molar-refractivity contribution >= 4 is 52.2 Å². The van der Waals surface area contributed by atoms with Gasteiger partial charge in [-0.15, -0.1) is 0 Å². The van der Waals surface area contributed by atoms with E-state index in [-0.39, 0.29) is 30.2 Å². The number of carbonyl (C=O) groups excluding carboxylic acids is 3. The molecule has 3 amide bonds. The van der Waals surface area contributed by atoms with Gasteiger partial charge in [-0.3, -0.25) is 19.3 Å². The number of amides is 3. The number of methoxy groups -OCH3 is 1. The molecule has 0 atom stereocenters. The van der Waals surface area contributed by atoms with Crippen molar-refractivity contribution in [3.63, 3.8) is 0 Å². The van der Waals surface area contributed by atoms with Gasteiger partial charge in [-0.1, -0.05) is 47.5 Å². The number of nitrogens with zero attached hydrogens (tertiary/aromatic N) is 1. The topological polar surface area (TPSA) is 84.9 Å². The van der Waals surface area contributed by atoms with E-state index < -0.39 is 0 Å². The molecular formula is C27H23ClN2O5S. The van der Waals surface area contributed by atoms with Gasteiger partial charge < -0.3 is 14.8 Å². The molecule has 0 spiro atoms. The van der Waals surface area contributed by atoms with Crippen LogP contribution < -0.4 is 14.8 Å². The van der Waals surface area contributed by atoms with E-state index in [1.807, 2.05) is 37.3 Å². The number of aryl methyl sites for hydroxylation is 1. The molecule has 1 fully saturated rings. The Morgan fingerprint density at radius 1 is 1.06 bits per heavy atom. The predicted molar refractivity (Wildman–Crippen MR) is 141 cm³/mol. The fraction of sp³-hybridized carbons (Fsp3) is 0.148. The third-order valence-electron chi connectivity index (χ3n) is 5.28. The van der Waals surface area contributed by atoms with Crippen molar-refractivity contribution in [2.24, 2.45) is 0 Å². The highest BCUT2D eigenvalue weighted by Crippen LogP contribution is 2.35. The maximum Gasteiger partial charge on any atom is 0.293 e. The van der Waals surface area contributed by atoms with Crippen molar-refractivity contribution in [1.82, 2.24) is 4.90 Å². The number of carbonyl (C=O) groups is 3. The molecule has 3 aromatic carbocycles. The molecule has 1 heterocycles. The minimum atomic E-state index is -0.378. The summed E-state index contributed by atoms with van der Waals surface area (Å²) in [6.07, 6.45) is 1.62. The number of ether oxygens (including phenoxy) is 2. The number of anilines is 1. The van der Waals surface area contributed by atoms with Crippen molar-refractivity contribution < 1.29 is 23.9 Å². The molecule has 0 radical (unpaired) electrons. The highest BCUT2D eigenvalue weighted by molar-refractivity contribution is 8.18. The van der Waals surface area contributed by atoms with Crippen LogP contribution in [0, 0.1) is 6.92 Å². The van der Waals surface area contributed by atoms with E-state index in [0.29, 0.717) is 32.7 Å². The first kappa shape index (κ1) is 25.3. The molecule has 0 aliphatic carbocycles. The Labute approximate surface area is 218 Å². The highest BCUT2D eigenvalue weighted by atomic mass is 35.5. The first-order chi connectivity index (χ1) is 17.3. The van der Waals surface area contributed by atoms with Gasteiger partial charge in [-0.05, 0) is 72.3 Å². The van der Waals surface area contributed by atoms with E-state index >= 15 is 0 Å². The monoisotopic (exact) mass is 522 g/mol. The predicted octanol–water partition coefficient (Wildman–Crippen LogP) is 5.91. The van der Waals surface area contributed by atoms with Crippen LogP contribution >= 0.6 is 23.4 Å². The summed E-state index contributed by atoms with van der Waals surface area (Å²) < 4.78 is 11.0. The summed E-state index contributed by atoms with van der Waals surface area (Å²) in [5.41, 5.74) is 3.19. The maximum absolute atomic E-state index is 12.9. The van der Waals surface area contributed by atoms with Gasteiger partial charge >= 0.3 is 0 Å². The van der Waals surface area contributed by atoms with E-state index in [1.54, 1.807) is 42.5 Å². The molecule has 36 heavy (non-hydrogen) atoms. The average Bonchev–Trinajstić information content (AvgIpc) is 3.11. The second kappa shape index (κ2) is 11.3. The van der Waals surface area contributed by atoms with Gasteiger partial charge in [0.2, 0.25) is 0 Å². The normalized spacial score (nSPS) is 14.3. The van der Waals surface area contributed by atoms with Crippen LogP contribution in [0.4, 0.5) is 10.5 Å². The number of thioether (sulfide) groups is 1. The number of hydrogen-bond donors (Lipinski definition) is 1. The zero-order valence-corrected chi connectivity index (χ0v) is 21.2. The largest absolute Gasteiger partial charge is 0.493 e. The smallest absolute Gasteiger partial charge is 0.293 e. The minimum absolute atomic E-state index is 0.142. The fourth-order valence-electron chi connectivity index (χ4n) is 3.48. The molecule has 1 aliphatic rings. The summed E-state index contributed by atoms with van der Waals surface area (Å²) in [6, 6.07) is 19.5. The quantitative estimate of drug-likeness (QED) is 0.370. The van der Waals surface area contributed by atoms with Crippen molar-refractivity contribution in [3.8, 4) is 11.5 Å². The molecule has 7 nitrogen and oxygen atoms in total. The standard InChI is InChI=1S/C27H23ClN2O5S/c1-17-6-9-21(10-7-17)29-25(31)16-35-22-11-8-18(13-23(22)34-2)14-24-26(32)30(27(33)36-24)15-19-4-3-5-20(28)12-19/h3-14H,15-16H2,1-2H3,(H,29,31)/b24-14-. The molecule has 4 rings (SSSR count). The third kappa shape index (κ3) is 6.27. The Morgan fingerprint density at radius 3 is 2.56 bits per heavy atom. The minimum Gasteiger partial charge on any atom is -0.493 e. The van der Waals surface area contributed by atoms with E-state index in [4.69, 9.17) is 21.1 Å². The molecule has 0 aromatic heterocycles. The van der Waals surface area contributed by atoms with Crippen LogP contribution in [0.5, 0.6) is 11.5 Å². The zero-order valence-electron chi connectivity index (χ0n) is 19.6. The summed E-state index contributed by atoms with van der Waals surface area (Å²) in [7, 11) is 1.48. The van der Waals surface area contributed by atoms with Crippen LogP contribution in [0.2, 0.25) is 5.02 Å².